The molecule has 1 aromatic carbocycles. The highest BCUT2D eigenvalue weighted by Crippen LogP contribution is 2.26. The maximum atomic E-state index is 11.9. The summed E-state index contributed by atoms with van der Waals surface area (Å²) in [4.78, 5) is 11.9. The summed E-state index contributed by atoms with van der Waals surface area (Å²) >= 11 is 3.41. The van der Waals surface area contributed by atoms with Gasteiger partial charge in [0.1, 0.15) is 11.5 Å². The normalized spacial score (nSPS) is 11.4. The lowest BCUT2D eigenvalue weighted by Gasteiger charge is -2.17. The number of carbonyl (C=O) groups is 1. The zero-order valence-corrected chi connectivity index (χ0v) is 12.4. The van der Waals surface area contributed by atoms with Crippen LogP contribution in [0.1, 0.15) is 32.8 Å². The summed E-state index contributed by atoms with van der Waals surface area (Å²) in [6.07, 6.45) is 1.02. The summed E-state index contributed by atoms with van der Waals surface area (Å²) < 4.78 is 6.23. The molecule has 94 valence electrons. The molecule has 0 saturated carbocycles. The maximum absolute atomic E-state index is 11.9. The van der Waals surface area contributed by atoms with Crippen LogP contribution in [0.2, 0.25) is 0 Å². The highest BCUT2D eigenvalue weighted by atomic mass is 79.9. The van der Waals surface area contributed by atoms with Gasteiger partial charge in [-0.05, 0) is 23.6 Å². The molecule has 0 aliphatic rings. The minimum absolute atomic E-state index is 0.0380. The first-order valence-corrected chi connectivity index (χ1v) is 6.45. The van der Waals surface area contributed by atoms with E-state index >= 15 is 0 Å². The molecule has 0 fully saturated rings. The van der Waals surface area contributed by atoms with Gasteiger partial charge in [0.2, 0.25) is 0 Å². The number of rotatable bonds is 4. The van der Waals surface area contributed by atoms with E-state index in [-0.39, 0.29) is 11.2 Å². The van der Waals surface area contributed by atoms with Crippen LogP contribution in [0.4, 0.5) is 0 Å². The van der Waals surface area contributed by atoms with Crippen molar-refractivity contribution in [3.63, 3.8) is 0 Å². The number of Topliss-reactive ketones (excluding diaryl/α,β-unsaturated/α-hetero) is 1. The molecule has 0 bridgehead atoms. The Morgan fingerprint density at radius 1 is 1.35 bits per heavy atom. The second-order valence-corrected chi connectivity index (χ2v) is 6.32. The number of methoxy groups -OCH3 is 1. The van der Waals surface area contributed by atoms with Gasteiger partial charge in [-0.3, -0.25) is 4.79 Å². The van der Waals surface area contributed by atoms with Gasteiger partial charge < -0.3 is 4.74 Å². The van der Waals surface area contributed by atoms with Gasteiger partial charge in [-0.25, -0.2) is 0 Å². The molecule has 0 aromatic heterocycles. The van der Waals surface area contributed by atoms with Crippen LogP contribution >= 0.6 is 15.9 Å². The molecule has 0 radical (unpaired) electrons. The monoisotopic (exact) mass is 298 g/mol. The standard InChI is InChI=1S/C14H19BrO2/c1-14(2,3)9-12(16)8-10-7-11(15)5-6-13(10)17-4/h5-7H,8-9H2,1-4H3. The Morgan fingerprint density at radius 3 is 2.53 bits per heavy atom. The molecule has 0 atom stereocenters. The van der Waals surface area contributed by atoms with Gasteiger partial charge in [0.25, 0.3) is 0 Å². The van der Waals surface area contributed by atoms with Crippen LogP contribution in [0.25, 0.3) is 0 Å². The third-order valence-electron chi connectivity index (χ3n) is 2.36. The van der Waals surface area contributed by atoms with Crippen LogP contribution in [0, 0.1) is 5.41 Å². The van der Waals surface area contributed by atoms with Crippen molar-refractivity contribution in [3.05, 3.63) is 28.2 Å². The second kappa shape index (κ2) is 5.67. The van der Waals surface area contributed by atoms with Crippen molar-refractivity contribution in [3.8, 4) is 5.75 Å². The van der Waals surface area contributed by atoms with E-state index in [1.807, 2.05) is 18.2 Å². The first-order chi connectivity index (χ1) is 7.81. The minimum atomic E-state index is 0.0380. The maximum Gasteiger partial charge on any atom is 0.137 e. The van der Waals surface area contributed by atoms with Crippen molar-refractivity contribution in [1.82, 2.24) is 0 Å². The van der Waals surface area contributed by atoms with E-state index in [2.05, 4.69) is 36.7 Å². The van der Waals surface area contributed by atoms with Crippen molar-refractivity contribution in [2.45, 2.75) is 33.6 Å². The van der Waals surface area contributed by atoms with E-state index < -0.39 is 0 Å². The molecule has 0 amide bonds. The smallest absolute Gasteiger partial charge is 0.137 e. The van der Waals surface area contributed by atoms with Crippen molar-refractivity contribution in [2.75, 3.05) is 7.11 Å². The van der Waals surface area contributed by atoms with Gasteiger partial charge in [-0.2, -0.15) is 0 Å². The molecule has 0 aliphatic heterocycles. The molecule has 3 heteroatoms. The second-order valence-electron chi connectivity index (χ2n) is 5.41. The molecule has 0 N–H and O–H groups in total. The lowest BCUT2D eigenvalue weighted by atomic mass is 9.88. The third kappa shape index (κ3) is 4.90. The van der Waals surface area contributed by atoms with Gasteiger partial charge in [0, 0.05) is 22.9 Å². The summed E-state index contributed by atoms with van der Waals surface area (Å²) in [6, 6.07) is 5.74. The fourth-order valence-electron chi connectivity index (χ4n) is 1.75. The van der Waals surface area contributed by atoms with E-state index in [4.69, 9.17) is 4.74 Å². The summed E-state index contributed by atoms with van der Waals surface area (Å²) in [7, 11) is 1.63. The number of ketones is 1. The zero-order valence-electron chi connectivity index (χ0n) is 10.8. The molecule has 0 heterocycles. The molecule has 17 heavy (non-hydrogen) atoms. The summed E-state index contributed by atoms with van der Waals surface area (Å²) in [5.74, 6) is 1.02. The van der Waals surface area contributed by atoms with Crippen molar-refractivity contribution in [1.29, 1.82) is 0 Å². The summed E-state index contributed by atoms with van der Waals surface area (Å²) in [6.45, 7) is 6.22. The van der Waals surface area contributed by atoms with E-state index in [0.717, 1.165) is 15.8 Å². The Bertz CT molecular complexity index is 405. The quantitative estimate of drug-likeness (QED) is 0.840. The lowest BCUT2D eigenvalue weighted by molar-refractivity contribution is -0.120. The molecule has 1 aromatic rings. The topological polar surface area (TPSA) is 26.3 Å². The van der Waals surface area contributed by atoms with E-state index in [9.17, 15) is 4.79 Å². The highest BCUT2D eigenvalue weighted by Gasteiger charge is 2.17. The van der Waals surface area contributed by atoms with E-state index in [0.29, 0.717) is 12.8 Å². The molecule has 2 nitrogen and oxygen atoms in total. The predicted molar refractivity (Wildman–Crippen MR) is 73.5 cm³/mol. The van der Waals surface area contributed by atoms with Crippen LogP contribution in [0.5, 0.6) is 5.75 Å². The van der Waals surface area contributed by atoms with E-state index in [1.54, 1.807) is 7.11 Å². The number of ether oxygens (including phenoxy) is 1. The van der Waals surface area contributed by atoms with Crippen LogP contribution in [-0.4, -0.2) is 12.9 Å². The van der Waals surface area contributed by atoms with Crippen LogP contribution in [0.15, 0.2) is 22.7 Å². The van der Waals surface area contributed by atoms with Gasteiger partial charge in [0.05, 0.1) is 7.11 Å². The minimum Gasteiger partial charge on any atom is -0.496 e. The van der Waals surface area contributed by atoms with Crippen LogP contribution in [0.3, 0.4) is 0 Å². The van der Waals surface area contributed by atoms with Gasteiger partial charge >= 0.3 is 0 Å². The Balaban J connectivity index is 2.80. The molecule has 1 rings (SSSR count). The lowest BCUT2D eigenvalue weighted by Crippen LogP contribution is -2.15. The Labute approximate surface area is 111 Å². The Kier molecular flexibility index (Phi) is 4.75. The molecule has 0 unspecified atom stereocenters. The number of benzene rings is 1. The Morgan fingerprint density at radius 2 is 2.00 bits per heavy atom. The van der Waals surface area contributed by atoms with Crippen molar-refractivity contribution >= 4 is 21.7 Å². The SMILES string of the molecule is COc1ccc(Br)cc1CC(=O)CC(C)(C)C. The first kappa shape index (κ1) is 14.2. The van der Waals surface area contributed by atoms with Crippen LogP contribution < -0.4 is 4.74 Å². The zero-order chi connectivity index (χ0) is 13.1. The largest absolute Gasteiger partial charge is 0.496 e. The summed E-state index contributed by atoms with van der Waals surface area (Å²) in [5.41, 5.74) is 0.979. The predicted octanol–water partition coefficient (Wildman–Crippen LogP) is 4.01. The van der Waals surface area contributed by atoms with Crippen molar-refractivity contribution < 1.29 is 9.53 Å². The number of hydrogen-bond donors (Lipinski definition) is 0. The third-order valence-corrected chi connectivity index (χ3v) is 2.85. The van der Waals surface area contributed by atoms with E-state index in [1.165, 1.54) is 0 Å². The fourth-order valence-corrected chi connectivity index (χ4v) is 2.16. The number of carbonyl (C=O) groups excluding carboxylic acids is 1. The van der Waals surface area contributed by atoms with Crippen LogP contribution in [-0.2, 0) is 11.2 Å². The molecular formula is C14H19BrO2. The number of halogens is 1. The highest BCUT2D eigenvalue weighted by molar-refractivity contribution is 9.10. The van der Waals surface area contributed by atoms with Crippen molar-refractivity contribution in [2.24, 2.45) is 5.41 Å². The average Bonchev–Trinajstić information content (AvgIpc) is 2.14. The summed E-state index contributed by atoms with van der Waals surface area (Å²) in [5, 5.41) is 0. The average molecular weight is 299 g/mol. The molecule has 0 spiro atoms. The first-order valence-electron chi connectivity index (χ1n) is 5.66. The molecule has 0 saturated heterocycles. The molecule has 0 aliphatic carbocycles. The van der Waals surface area contributed by atoms with Gasteiger partial charge in [0.15, 0.2) is 0 Å². The Hall–Kier alpha value is -0.830. The number of hydrogen-bond acceptors (Lipinski definition) is 2. The van der Waals surface area contributed by atoms with Gasteiger partial charge in [-0.1, -0.05) is 36.7 Å². The fraction of sp³-hybridized carbons (Fsp3) is 0.500. The van der Waals surface area contributed by atoms with Gasteiger partial charge in [-0.15, -0.1) is 0 Å². The molecular weight excluding hydrogens is 280 g/mol.